The van der Waals surface area contributed by atoms with Gasteiger partial charge in [-0.2, -0.15) is 5.10 Å². The normalized spacial score (nSPS) is 20.1. The Morgan fingerprint density at radius 2 is 2.32 bits per heavy atom. The number of hydrogen-bond donors (Lipinski definition) is 2. The summed E-state index contributed by atoms with van der Waals surface area (Å²) in [6.07, 6.45) is 8.72. The second kappa shape index (κ2) is 6.55. The van der Waals surface area contributed by atoms with Crippen molar-refractivity contribution < 1.29 is 9.90 Å². The fourth-order valence-corrected chi connectivity index (χ4v) is 3.62. The Kier molecular flexibility index (Phi) is 4.51. The Labute approximate surface area is 137 Å². The molecular formula is C14H14N4O2S2. The molecule has 0 bridgehead atoms. The number of carbonyl (C=O) groups is 1. The summed E-state index contributed by atoms with van der Waals surface area (Å²) in [7, 11) is 0. The molecule has 1 saturated heterocycles. The monoisotopic (exact) mass is 334 g/mol. The van der Waals surface area contributed by atoms with Crippen LogP contribution in [0, 0.1) is 0 Å². The smallest absolute Gasteiger partial charge is 0.262 e. The van der Waals surface area contributed by atoms with Crippen molar-refractivity contribution in [1.82, 2.24) is 19.7 Å². The minimum absolute atomic E-state index is 0.0738. The van der Waals surface area contributed by atoms with E-state index in [1.165, 1.54) is 16.7 Å². The Hall–Kier alpha value is -1.77. The Bertz CT molecular complexity index is 702. The highest BCUT2D eigenvalue weighted by molar-refractivity contribution is 8.14. The zero-order valence-corrected chi connectivity index (χ0v) is 13.2. The summed E-state index contributed by atoms with van der Waals surface area (Å²) in [4.78, 5) is 18.4. The van der Waals surface area contributed by atoms with Crippen LogP contribution in [0.3, 0.4) is 0 Å². The van der Waals surface area contributed by atoms with Crippen molar-refractivity contribution in [2.45, 2.75) is 4.71 Å². The van der Waals surface area contributed by atoms with E-state index in [1.54, 1.807) is 29.3 Å². The summed E-state index contributed by atoms with van der Waals surface area (Å²) in [6.45, 7) is 0.210. The summed E-state index contributed by atoms with van der Waals surface area (Å²) >= 11 is 5.72. The highest BCUT2D eigenvalue weighted by atomic mass is 32.2. The van der Waals surface area contributed by atoms with Crippen LogP contribution >= 0.6 is 24.4 Å². The van der Waals surface area contributed by atoms with E-state index in [0.717, 1.165) is 11.3 Å². The number of aromatic nitrogens is 3. The van der Waals surface area contributed by atoms with Crippen molar-refractivity contribution in [2.24, 2.45) is 0 Å². The number of aliphatic hydroxyl groups is 1. The van der Waals surface area contributed by atoms with Crippen LogP contribution in [0.4, 0.5) is 0 Å². The van der Waals surface area contributed by atoms with Gasteiger partial charge in [0.2, 0.25) is 0 Å². The topological polar surface area (TPSA) is 71.2 Å². The number of rotatable bonds is 4. The molecule has 2 aromatic heterocycles. The van der Waals surface area contributed by atoms with E-state index >= 15 is 0 Å². The first-order chi connectivity index (χ1) is 10.7. The van der Waals surface area contributed by atoms with Crippen molar-refractivity contribution >= 4 is 36.4 Å². The highest BCUT2D eigenvalue weighted by Gasteiger charge is 2.33. The molecule has 3 rings (SSSR count). The standard InChI is InChI=1S/C14H14N4O2S2/c19-5-4-17-13(20)12(22-14(17)21)6-10-7-16-18(9-10)11-2-1-3-15-8-11/h1-3,6-9,14,19,21H,4-5H2/b12-6-. The predicted molar refractivity (Wildman–Crippen MR) is 88.5 cm³/mol. The van der Waals surface area contributed by atoms with Crippen molar-refractivity contribution in [3.05, 3.63) is 47.4 Å². The van der Waals surface area contributed by atoms with E-state index < -0.39 is 0 Å². The molecule has 8 heteroatoms. The molecule has 0 aromatic carbocycles. The average molecular weight is 334 g/mol. The van der Waals surface area contributed by atoms with Gasteiger partial charge in [-0.05, 0) is 18.2 Å². The van der Waals surface area contributed by atoms with Gasteiger partial charge in [0.1, 0.15) is 4.71 Å². The first kappa shape index (κ1) is 15.1. The number of thioether (sulfide) groups is 1. The maximum absolute atomic E-state index is 12.2. The molecule has 0 saturated carbocycles. The van der Waals surface area contributed by atoms with Crippen LogP contribution in [-0.2, 0) is 4.79 Å². The van der Waals surface area contributed by atoms with Crippen LogP contribution < -0.4 is 0 Å². The molecule has 6 nitrogen and oxygen atoms in total. The van der Waals surface area contributed by atoms with Crippen LogP contribution in [-0.4, -0.2) is 48.5 Å². The van der Waals surface area contributed by atoms with Gasteiger partial charge in [-0.1, -0.05) is 11.8 Å². The molecule has 2 aromatic rings. The molecule has 1 aliphatic heterocycles. The van der Waals surface area contributed by atoms with Gasteiger partial charge in [-0.15, -0.1) is 12.6 Å². The van der Waals surface area contributed by atoms with Gasteiger partial charge in [0.15, 0.2) is 0 Å². The quantitative estimate of drug-likeness (QED) is 0.653. The lowest BCUT2D eigenvalue weighted by molar-refractivity contribution is -0.125. The first-order valence-corrected chi connectivity index (χ1v) is 8.02. The van der Waals surface area contributed by atoms with Crippen LogP contribution in [0.25, 0.3) is 11.8 Å². The van der Waals surface area contributed by atoms with Crippen LogP contribution in [0.15, 0.2) is 41.8 Å². The molecule has 3 heterocycles. The zero-order valence-electron chi connectivity index (χ0n) is 11.5. The number of nitrogens with zero attached hydrogens (tertiary/aromatic N) is 4. The molecule has 1 aliphatic rings. The minimum Gasteiger partial charge on any atom is -0.395 e. The molecule has 1 N–H and O–H groups in total. The Balaban J connectivity index is 1.82. The van der Waals surface area contributed by atoms with E-state index in [4.69, 9.17) is 5.11 Å². The summed E-state index contributed by atoms with van der Waals surface area (Å²) < 4.78 is 1.44. The summed E-state index contributed by atoms with van der Waals surface area (Å²) in [5.74, 6) is -0.117. The fourth-order valence-electron chi connectivity index (χ4n) is 2.08. The van der Waals surface area contributed by atoms with Gasteiger partial charge >= 0.3 is 0 Å². The lowest BCUT2D eigenvalue weighted by atomic mass is 10.3. The van der Waals surface area contributed by atoms with Crippen molar-refractivity contribution in [1.29, 1.82) is 0 Å². The molecule has 1 amide bonds. The van der Waals surface area contributed by atoms with E-state index in [-0.39, 0.29) is 23.8 Å². The third kappa shape index (κ3) is 3.03. The Morgan fingerprint density at radius 1 is 1.45 bits per heavy atom. The van der Waals surface area contributed by atoms with Crippen LogP contribution in [0.2, 0.25) is 0 Å². The Morgan fingerprint density at radius 3 is 3.05 bits per heavy atom. The molecule has 0 aliphatic carbocycles. The molecule has 0 spiro atoms. The average Bonchev–Trinajstić information content (AvgIpc) is 3.09. The lowest BCUT2D eigenvalue weighted by Gasteiger charge is -2.17. The summed E-state index contributed by atoms with van der Waals surface area (Å²) in [5.41, 5.74) is 1.68. The summed E-state index contributed by atoms with van der Waals surface area (Å²) in [6, 6.07) is 3.74. The number of amides is 1. The third-order valence-corrected chi connectivity index (χ3v) is 4.73. The number of β-amino-alcohol motifs (C(OH)–C–C–N with tert-alkyl or cyclic N) is 1. The van der Waals surface area contributed by atoms with Gasteiger partial charge in [0, 0.05) is 24.5 Å². The molecule has 1 unspecified atom stereocenters. The maximum Gasteiger partial charge on any atom is 0.262 e. The van der Waals surface area contributed by atoms with E-state index in [9.17, 15) is 4.79 Å². The number of pyridine rings is 1. The summed E-state index contributed by atoms with van der Waals surface area (Å²) in [5, 5.41) is 13.3. The largest absolute Gasteiger partial charge is 0.395 e. The second-order valence-electron chi connectivity index (χ2n) is 4.60. The van der Waals surface area contributed by atoms with E-state index in [1.807, 2.05) is 18.3 Å². The predicted octanol–water partition coefficient (Wildman–Crippen LogP) is 1.39. The third-order valence-electron chi connectivity index (χ3n) is 3.12. The van der Waals surface area contributed by atoms with Gasteiger partial charge in [-0.3, -0.25) is 9.78 Å². The molecule has 0 radical (unpaired) electrons. The number of aliphatic hydroxyl groups excluding tert-OH is 1. The molecule has 1 atom stereocenters. The highest BCUT2D eigenvalue weighted by Crippen LogP contribution is 2.37. The van der Waals surface area contributed by atoms with Crippen molar-refractivity contribution in [3.63, 3.8) is 0 Å². The van der Waals surface area contributed by atoms with Gasteiger partial charge in [0.05, 0.1) is 29.6 Å². The fraction of sp³-hybridized carbons (Fsp3) is 0.214. The van der Waals surface area contributed by atoms with Crippen LogP contribution in [0.1, 0.15) is 5.56 Å². The molecular weight excluding hydrogens is 320 g/mol. The van der Waals surface area contributed by atoms with Crippen molar-refractivity contribution in [3.8, 4) is 5.69 Å². The van der Waals surface area contributed by atoms with E-state index in [0.29, 0.717) is 4.91 Å². The minimum atomic E-state index is -0.265. The van der Waals surface area contributed by atoms with Gasteiger partial charge < -0.3 is 10.0 Å². The van der Waals surface area contributed by atoms with Crippen molar-refractivity contribution in [2.75, 3.05) is 13.2 Å². The molecule has 22 heavy (non-hydrogen) atoms. The molecule has 1 fully saturated rings. The first-order valence-electron chi connectivity index (χ1n) is 6.62. The number of hydrogen-bond acceptors (Lipinski definition) is 6. The SMILES string of the molecule is O=C1/C(=C/c2cnn(-c3cccnc3)c2)SC(S)N1CCO. The number of carbonyl (C=O) groups excluding carboxylic acids is 1. The lowest BCUT2D eigenvalue weighted by Crippen LogP contribution is -2.32. The molecule has 114 valence electrons. The second-order valence-corrected chi connectivity index (χ2v) is 6.56. The number of thiol groups is 1. The van der Waals surface area contributed by atoms with Gasteiger partial charge in [-0.25, -0.2) is 4.68 Å². The van der Waals surface area contributed by atoms with Gasteiger partial charge in [0.25, 0.3) is 5.91 Å². The maximum atomic E-state index is 12.2. The zero-order chi connectivity index (χ0) is 15.5. The van der Waals surface area contributed by atoms with E-state index in [2.05, 4.69) is 22.7 Å². The van der Waals surface area contributed by atoms with Crippen LogP contribution in [0.5, 0.6) is 0 Å².